The van der Waals surface area contributed by atoms with E-state index >= 15 is 0 Å². The molecule has 0 saturated carbocycles. The fraction of sp³-hybridized carbons (Fsp3) is 0.300. The van der Waals surface area contributed by atoms with Crippen molar-refractivity contribution in [3.8, 4) is 11.5 Å². The van der Waals surface area contributed by atoms with E-state index in [4.69, 9.17) is 9.47 Å². The second-order valence-electron chi connectivity index (χ2n) is 6.50. The van der Waals surface area contributed by atoms with Gasteiger partial charge in [0, 0.05) is 30.3 Å². The van der Waals surface area contributed by atoms with Gasteiger partial charge in [0.1, 0.15) is 0 Å². The number of ether oxygens (including phenoxy) is 2. The number of anilines is 1. The predicted molar refractivity (Wildman–Crippen MR) is 99.2 cm³/mol. The van der Waals surface area contributed by atoms with E-state index in [1.165, 1.54) is 31.3 Å². The zero-order chi connectivity index (χ0) is 21.2. The molecule has 0 bridgehead atoms. The number of amides is 2. The van der Waals surface area contributed by atoms with Crippen LogP contribution >= 0.6 is 0 Å². The third-order valence-electron chi connectivity index (χ3n) is 4.59. The molecular weight excluding hydrogens is 389 g/mol. The molecule has 0 radical (unpaired) electrons. The predicted octanol–water partition coefficient (Wildman–Crippen LogP) is 3.26. The van der Waals surface area contributed by atoms with Crippen molar-refractivity contribution >= 4 is 17.5 Å². The third kappa shape index (κ3) is 4.44. The van der Waals surface area contributed by atoms with Gasteiger partial charge in [0.15, 0.2) is 11.5 Å². The van der Waals surface area contributed by atoms with Gasteiger partial charge in [-0.1, -0.05) is 6.07 Å². The molecule has 1 heterocycles. The minimum atomic E-state index is -4.54. The van der Waals surface area contributed by atoms with Crippen LogP contribution in [0.15, 0.2) is 42.5 Å². The number of hydrogen-bond donors (Lipinski definition) is 1. The minimum Gasteiger partial charge on any atom is -0.493 e. The van der Waals surface area contributed by atoms with Crippen LogP contribution in [-0.4, -0.2) is 38.6 Å². The van der Waals surface area contributed by atoms with Crippen LogP contribution < -0.4 is 19.7 Å². The van der Waals surface area contributed by atoms with Gasteiger partial charge in [0.05, 0.1) is 25.8 Å². The second kappa shape index (κ2) is 8.02. The maximum absolute atomic E-state index is 12.8. The molecule has 2 aromatic rings. The van der Waals surface area contributed by atoms with Gasteiger partial charge in [-0.2, -0.15) is 13.2 Å². The van der Waals surface area contributed by atoms with Gasteiger partial charge in [-0.05, 0) is 30.3 Å². The molecule has 0 aliphatic carbocycles. The summed E-state index contributed by atoms with van der Waals surface area (Å²) in [5.74, 6) is 0.0844. The summed E-state index contributed by atoms with van der Waals surface area (Å²) in [4.78, 5) is 26.3. The molecule has 1 aliphatic rings. The zero-order valence-electron chi connectivity index (χ0n) is 15.7. The highest BCUT2D eigenvalue weighted by Gasteiger charge is 2.33. The average Bonchev–Trinajstić information content (AvgIpc) is 3.06. The summed E-state index contributed by atoms with van der Waals surface area (Å²) in [6, 6.07) is 8.63. The lowest BCUT2D eigenvalue weighted by molar-refractivity contribution is -0.137. The Kier molecular flexibility index (Phi) is 5.67. The van der Waals surface area contributed by atoms with E-state index in [1.54, 1.807) is 18.2 Å². The summed E-state index contributed by atoms with van der Waals surface area (Å²) in [5.41, 5.74) is -0.445. The molecule has 3 rings (SSSR count). The number of carbonyl (C=O) groups excluding carboxylic acids is 2. The lowest BCUT2D eigenvalue weighted by Gasteiger charge is -2.19. The molecule has 0 aromatic heterocycles. The Bertz CT molecular complexity index is 930. The number of hydrogen-bond acceptors (Lipinski definition) is 4. The topological polar surface area (TPSA) is 67.9 Å². The summed E-state index contributed by atoms with van der Waals surface area (Å²) >= 11 is 0. The summed E-state index contributed by atoms with van der Waals surface area (Å²) in [6.07, 6.45) is -4.50. The van der Waals surface area contributed by atoms with Crippen molar-refractivity contribution in [1.29, 1.82) is 0 Å². The summed E-state index contributed by atoms with van der Waals surface area (Å²) < 4.78 is 48.9. The highest BCUT2D eigenvalue weighted by molar-refractivity contribution is 5.99. The molecule has 0 unspecified atom stereocenters. The number of carbonyl (C=O) groups is 2. The van der Waals surface area contributed by atoms with Gasteiger partial charge in [0.25, 0.3) is 5.91 Å². The highest BCUT2D eigenvalue weighted by atomic mass is 19.4. The molecule has 1 N–H and O–H groups in total. The summed E-state index contributed by atoms with van der Waals surface area (Å²) in [6.45, 7) is 0.193. The van der Waals surface area contributed by atoms with E-state index in [-0.39, 0.29) is 24.4 Å². The normalized spacial score (nSPS) is 16.7. The van der Waals surface area contributed by atoms with Crippen molar-refractivity contribution in [3.05, 3.63) is 53.6 Å². The lowest BCUT2D eigenvalue weighted by Crippen LogP contribution is -2.37. The molecular formula is C20H19F3N2O4. The Balaban J connectivity index is 1.72. The van der Waals surface area contributed by atoms with Crippen molar-refractivity contribution < 1.29 is 32.2 Å². The molecule has 1 saturated heterocycles. The molecule has 6 nitrogen and oxygen atoms in total. The maximum atomic E-state index is 12.8. The number of methoxy groups -OCH3 is 2. The van der Waals surface area contributed by atoms with Crippen LogP contribution in [0.2, 0.25) is 0 Å². The van der Waals surface area contributed by atoms with Gasteiger partial charge in [-0.3, -0.25) is 9.59 Å². The number of rotatable bonds is 5. The first-order chi connectivity index (χ1) is 13.7. The van der Waals surface area contributed by atoms with Crippen LogP contribution in [0.5, 0.6) is 11.5 Å². The molecule has 1 atom stereocenters. The Morgan fingerprint density at radius 1 is 1.10 bits per heavy atom. The summed E-state index contributed by atoms with van der Waals surface area (Å²) in [5, 5.41) is 2.63. The molecule has 154 valence electrons. The first-order valence-corrected chi connectivity index (χ1v) is 8.73. The van der Waals surface area contributed by atoms with Gasteiger partial charge in [0.2, 0.25) is 5.91 Å². The van der Waals surface area contributed by atoms with E-state index in [0.29, 0.717) is 17.2 Å². The lowest BCUT2D eigenvalue weighted by atomic mass is 10.1. The largest absolute Gasteiger partial charge is 0.493 e. The van der Waals surface area contributed by atoms with Crippen LogP contribution in [0, 0.1) is 0 Å². The van der Waals surface area contributed by atoms with Crippen molar-refractivity contribution in [1.82, 2.24) is 5.32 Å². The van der Waals surface area contributed by atoms with E-state index < -0.39 is 23.7 Å². The number of nitrogens with zero attached hydrogens (tertiary/aromatic N) is 1. The van der Waals surface area contributed by atoms with Gasteiger partial charge >= 0.3 is 6.18 Å². The molecule has 0 spiro atoms. The Labute approximate surface area is 165 Å². The van der Waals surface area contributed by atoms with Crippen molar-refractivity contribution in [3.63, 3.8) is 0 Å². The molecule has 9 heteroatoms. The van der Waals surface area contributed by atoms with Crippen LogP contribution in [0.1, 0.15) is 22.3 Å². The van der Waals surface area contributed by atoms with Gasteiger partial charge < -0.3 is 19.7 Å². The van der Waals surface area contributed by atoms with Crippen molar-refractivity contribution in [2.24, 2.45) is 0 Å². The number of nitrogens with one attached hydrogen (secondary N) is 1. The van der Waals surface area contributed by atoms with Crippen LogP contribution in [0.3, 0.4) is 0 Å². The van der Waals surface area contributed by atoms with Gasteiger partial charge in [-0.15, -0.1) is 0 Å². The van der Waals surface area contributed by atoms with Crippen LogP contribution in [0.4, 0.5) is 18.9 Å². The quantitative estimate of drug-likeness (QED) is 0.825. The smallest absolute Gasteiger partial charge is 0.416 e. The molecule has 29 heavy (non-hydrogen) atoms. The molecule has 2 aromatic carbocycles. The maximum Gasteiger partial charge on any atom is 0.416 e. The average molecular weight is 408 g/mol. The molecule has 2 amide bonds. The van der Waals surface area contributed by atoms with E-state index in [1.807, 2.05) is 0 Å². The number of alkyl halides is 3. The van der Waals surface area contributed by atoms with Gasteiger partial charge in [-0.25, -0.2) is 0 Å². The Hall–Kier alpha value is -3.23. The van der Waals surface area contributed by atoms with Crippen LogP contribution in [0.25, 0.3) is 0 Å². The van der Waals surface area contributed by atoms with E-state index in [2.05, 4.69) is 5.32 Å². The first-order valence-electron chi connectivity index (χ1n) is 8.73. The fourth-order valence-electron chi connectivity index (χ4n) is 3.15. The van der Waals surface area contributed by atoms with Crippen LogP contribution in [-0.2, 0) is 11.0 Å². The minimum absolute atomic E-state index is 0.0407. The second-order valence-corrected chi connectivity index (χ2v) is 6.50. The Morgan fingerprint density at radius 2 is 1.83 bits per heavy atom. The van der Waals surface area contributed by atoms with E-state index in [0.717, 1.165) is 12.1 Å². The van der Waals surface area contributed by atoms with Crippen molar-refractivity contribution in [2.45, 2.75) is 18.6 Å². The van der Waals surface area contributed by atoms with Crippen molar-refractivity contribution in [2.75, 3.05) is 25.7 Å². The standard InChI is InChI=1S/C20H19F3N2O4/c1-28-16-7-6-15(10-17(16)29-2)25-11-14(9-18(25)26)24-19(27)12-4-3-5-13(8-12)20(21,22)23/h3-8,10,14H,9,11H2,1-2H3,(H,24,27)/t14-/m0/s1. The SMILES string of the molecule is COc1ccc(N2C[C@@H](NC(=O)c3cccc(C(F)(F)F)c3)CC2=O)cc1OC. The highest BCUT2D eigenvalue weighted by Crippen LogP contribution is 2.33. The number of benzene rings is 2. The first kappa shape index (κ1) is 20.5. The molecule has 1 aliphatic heterocycles. The fourth-order valence-corrected chi connectivity index (χ4v) is 3.15. The third-order valence-corrected chi connectivity index (χ3v) is 4.59. The summed E-state index contributed by atoms with van der Waals surface area (Å²) in [7, 11) is 2.98. The monoisotopic (exact) mass is 408 g/mol. The Morgan fingerprint density at radius 3 is 2.48 bits per heavy atom. The van der Waals surface area contributed by atoms with E-state index in [9.17, 15) is 22.8 Å². The molecule has 1 fully saturated rings. The zero-order valence-corrected chi connectivity index (χ0v) is 15.7. The number of halogens is 3.